The molecule has 1 aromatic carbocycles. The average Bonchev–Trinajstić information content (AvgIpc) is 2.27. The van der Waals surface area contributed by atoms with Gasteiger partial charge < -0.3 is 5.32 Å². The summed E-state index contributed by atoms with van der Waals surface area (Å²) >= 11 is 5.84. The average molecular weight is 257 g/mol. The Morgan fingerprint density at radius 3 is 2.65 bits per heavy atom. The molecule has 5 heteroatoms. The van der Waals surface area contributed by atoms with Gasteiger partial charge in [-0.2, -0.15) is 0 Å². The zero-order chi connectivity index (χ0) is 13.0. The Kier molecular flexibility index (Phi) is 4.75. The van der Waals surface area contributed by atoms with E-state index in [-0.39, 0.29) is 16.8 Å². The van der Waals surface area contributed by atoms with E-state index in [0.717, 1.165) is 6.42 Å². The number of nitrogens with zero attached hydrogens (tertiary/aromatic N) is 1. The lowest BCUT2D eigenvalue weighted by atomic mass is 10.0. The number of halogens is 1. The minimum atomic E-state index is -0.450. The number of nitrogens with one attached hydrogen (secondary N) is 1. The molecule has 0 saturated carbocycles. The van der Waals surface area contributed by atoms with Gasteiger partial charge in [-0.05, 0) is 25.0 Å². The standard InChI is InChI=1S/C12H17ClN2O2/c1-4-8(2)9(3)14-11-7-5-6-10(13)12(11)15(16)17/h5-9,14H,4H2,1-3H3. The number of benzene rings is 1. The second-order valence-corrected chi connectivity index (χ2v) is 4.62. The maximum atomic E-state index is 10.9. The van der Waals surface area contributed by atoms with Gasteiger partial charge in [0.25, 0.3) is 0 Å². The highest BCUT2D eigenvalue weighted by molar-refractivity contribution is 6.33. The van der Waals surface area contributed by atoms with Crippen molar-refractivity contribution < 1.29 is 4.92 Å². The molecular weight excluding hydrogens is 240 g/mol. The Balaban J connectivity index is 2.98. The van der Waals surface area contributed by atoms with Crippen LogP contribution >= 0.6 is 11.6 Å². The molecule has 0 aromatic heterocycles. The summed E-state index contributed by atoms with van der Waals surface area (Å²) in [5, 5.41) is 14.3. The van der Waals surface area contributed by atoms with Gasteiger partial charge in [0.05, 0.1) is 4.92 Å². The molecule has 94 valence electrons. The fourth-order valence-corrected chi connectivity index (χ4v) is 1.80. The van der Waals surface area contributed by atoms with E-state index >= 15 is 0 Å². The van der Waals surface area contributed by atoms with Crippen molar-refractivity contribution in [3.63, 3.8) is 0 Å². The largest absolute Gasteiger partial charge is 0.377 e. The van der Waals surface area contributed by atoms with Crippen molar-refractivity contribution >= 4 is 23.0 Å². The van der Waals surface area contributed by atoms with E-state index in [1.807, 2.05) is 6.92 Å². The summed E-state index contributed by atoms with van der Waals surface area (Å²) in [6.07, 6.45) is 1.02. The fraction of sp³-hybridized carbons (Fsp3) is 0.500. The van der Waals surface area contributed by atoms with Crippen LogP contribution in [-0.2, 0) is 0 Å². The van der Waals surface area contributed by atoms with Crippen molar-refractivity contribution in [3.05, 3.63) is 33.3 Å². The van der Waals surface area contributed by atoms with Gasteiger partial charge >= 0.3 is 5.69 Å². The molecule has 0 aliphatic rings. The quantitative estimate of drug-likeness (QED) is 0.638. The highest BCUT2D eigenvalue weighted by atomic mass is 35.5. The topological polar surface area (TPSA) is 55.2 Å². The third-order valence-electron chi connectivity index (χ3n) is 3.05. The van der Waals surface area contributed by atoms with Crippen LogP contribution in [-0.4, -0.2) is 11.0 Å². The van der Waals surface area contributed by atoms with Crippen molar-refractivity contribution in [3.8, 4) is 0 Å². The first-order valence-electron chi connectivity index (χ1n) is 5.66. The van der Waals surface area contributed by atoms with Gasteiger partial charge in [-0.25, -0.2) is 0 Å². The molecule has 1 N–H and O–H groups in total. The van der Waals surface area contributed by atoms with Gasteiger partial charge in [0.15, 0.2) is 0 Å². The third kappa shape index (κ3) is 3.33. The molecule has 0 fully saturated rings. The minimum absolute atomic E-state index is 0.0516. The number of para-hydroxylation sites is 1. The lowest BCUT2D eigenvalue weighted by Crippen LogP contribution is -2.23. The molecule has 2 unspecified atom stereocenters. The van der Waals surface area contributed by atoms with Crippen LogP contribution in [0.3, 0.4) is 0 Å². The van der Waals surface area contributed by atoms with Crippen molar-refractivity contribution in [2.75, 3.05) is 5.32 Å². The molecule has 1 rings (SSSR count). The summed E-state index contributed by atoms with van der Waals surface area (Å²) in [7, 11) is 0. The molecule has 0 heterocycles. The van der Waals surface area contributed by atoms with Gasteiger partial charge in [0, 0.05) is 6.04 Å². The maximum absolute atomic E-state index is 10.9. The number of hydrogen-bond donors (Lipinski definition) is 1. The number of rotatable bonds is 5. The van der Waals surface area contributed by atoms with E-state index in [4.69, 9.17) is 11.6 Å². The van der Waals surface area contributed by atoms with Crippen molar-refractivity contribution in [1.82, 2.24) is 0 Å². The van der Waals surface area contributed by atoms with E-state index in [2.05, 4.69) is 19.2 Å². The smallest absolute Gasteiger partial charge is 0.310 e. The Morgan fingerprint density at radius 1 is 1.47 bits per heavy atom. The number of hydrogen-bond acceptors (Lipinski definition) is 3. The molecule has 0 aliphatic heterocycles. The van der Waals surface area contributed by atoms with Gasteiger partial charge in [0.2, 0.25) is 0 Å². The van der Waals surface area contributed by atoms with E-state index in [1.165, 1.54) is 6.07 Å². The second kappa shape index (κ2) is 5.87. The molecule has 1 aromatic rings. The summed E-state index contributed by atoms with van der Waals surface area (Å²) < 4.78 is 0. The maximum Gasteiger partial charge on any atom is 0.310 e. The van der Waals surface area contributed by atoms with Crippen molar-refractivity contribution in [2.24, 2.45) is 5.92 Å². The molecule has 0 amide bonds. The summed E-state index contributed by atoms with van der Waals surface area (Å²) in [5.74, 6) is 0.439. The van der Waals surface area contributed by atoms with Crippen LogP contribution in [0.2, 0.25) is 5.02 Å². The van der Waals surface area contributed by atoms with E-state index in [9.17, 15) is 10.1 Å². The van der Waals surface area contributed by atoms with Gasteiger partial charge in [-0.3, -0.25) is 10.1 Å². The highest BCUT2D eigenvalue weighted by Crippen LogP contribution is 2.33. The van der Waals surface area contributed by atoms with Crippen LogP contribution in [0.4, 0.5) is 11.4 Å². The van der Waals surface area contributed by atoms with Crippen LogP contribution in [0.25, 0.3) is 0 Å². The lowest BCUT2D eigenvalue weighted by molar-refractivity contribution is -0.383. The summed E-state index contributed by atoms with van der Waals surface area (Å²) in [4.78, 5) is 10.5. The predicted molar refractivity (Wildman–Crippen MR) is 70.6 cm³/mol. The molecule has 0 saturated heterocycles. The molecule has 17 heavy (non-hydrogen) atoms. The molecule has 0 spiro atoms. The molecule has 0 radical (unpaired) electrons. The first-order valence-corrected chi connectivity index (χ1v) is 6.04. The van der Waals surface area contributed by atoms with E-state index in [0.29, 0.717) is 11.6 Å². The van der Waals surface area contributed by atoms with Gasteiger partial charge in [0.1, 0.15) is 10.7 Å². The first kappa shape index (κ1) is 13.8. The molecule has 0 aliphatic carbocycles. The normalized spacial score (nSPS) is 14.1. The Bertz CT molecular complexity index is 409. The second-order valence-electron chi connectivity index (χ2n) is 4.21. The minimum Gasteiger partial charge on any atom is -0.377 e. The van der Waals surface area contributed by atoms with Gasteiger partial charge in [-0.1, -0.05) is 37.9 Å². The van der Waals surface area contributed by atoms with Crippen LogP contribution < -0.4 is 5.32 Å². The number of anilines is 1. The monoisotopic (exact) mass is 256 g/mol. The van der Waals surface area contributed by atoms with Crippen LogP contribution in [0.15, 0.2) is 18.2 Å². The predicted octanol–water partition coefficient (Wildman–Crippen LogP) is 4.09. The SMILES string of the molecule is CCC(C)C(C)Nc1cccc(Cl)c1[N+](=O)[O-]. The van der Waals surface area contributed by atoms with Crippen LogP contribution in [0.5, 0.6) is 0 Å². The number of nitro groups is 1. The molecule has 4 nitrogen and oxygen atoms in total. The molecular formula is C12H17ClN2O2. The Morgan fingerprint density at radius 2 is 2.12 bits per heavy atom. The van der Waals surface area contributed by atoms with E-state index in [1.54, 1.807) is 12.1 Å². The zero-order valence-electron chi connectivity index (χ0n) is 10.2. The van der Waals surface area contributed by atoms with E-state index < -0.39 is 4.92 Å². The lowest BCUT2D eigenvalue weighted by Gasteiger charge is -2.21. The first-order chi connectivity index (χ1) is 7.97. The molecule has 2 atom stereocenters. The summed E-state index contributed by atoms with van der Waals surface area (Å²) in [6, 6.07) is 5.08. The fourth-order valence-electron chi connectivity index (χ4n) is 1.56. The summed E-state index contributed by atoms with van der Waals surface area (Å²) in [6.45, 7) is 6.21. The van der Waals surface area contributed by atoms with Crippen molar-refractivity contribution in [2.45, 2.75) is 33.2 Å². The highest BCUT2D eigenvalue weighted by Gasteiger charge is 2.20. The third-order valence-corrected chi connectivity index (χ3v) is 3.36. The van der Waals surface area contributed by atoms with Gasteiger partial charge in [-0.15, -0.1) is 0 Å². The molecule has 0 bridgehead atoms. The van der Waals surface area contributed by atoms with Crippen molar-refractivity contribution in [1.29, 1.82) is 0 Å². The summed E-state index contributed by atoms with van der Waals surface area (Å²) in [5.41, 5.74) is 0.430. The Labute approximate surface area is 106 Å². The zero-order valence-corrected chi connectivity index (χ0v) is 11.0. The Hall–Kier alpha value is -1.29. The van der Waals surface area contributed by atoms with Crippen LogP contribution in [0.1, 0.15) is 27.2 Å². The number of nitro benzene ring substituents is 1. The van der Waals surface area contributed by atoms with Crippen LogP contribution in [0, 0.1) is 16.0 Å².